The minimum Gasteiger partial charge on any atom is -0.481 e. The molecule has 2 rings (SSSR count). The summed E-state index contributed by atoms with van der Waals surface area (Å²) in [5, 5.41) is 16.4. The molecule has 0 aromatic carbocycles. The van der Waals surface area contributed by atoms with Crippen LogP contribution in [0, 0.1) is 5.92 Å². The highest BCUT2D eigenvalue weighted by atomic mass is 16.4. The highest BCUT2D eigenvalue weighted by Gasteiger charge is 2.25. The van der Waals surface area contributed by atoms with Gasteiger partial charge in [0.25, 0.3) is 0 Å². The van der Waals surface area contributed by atoms with Crippen molar-refractivity contribution in [1.29, 1.82) is 0 Å². The monoisotopic (exact) mass is 209 g/mol. The lowest BCUT2D eigenvalue weighted by Crippen LogP contribution is -2.33. The van der Waals surface area contributed by atoms with E-state index < -0.39 is 5.97 Å². The number of carboxylic acids is 1. The lowest BCUT2D eigenvalue weighted by Gasteiger charge is -2.21. The van der Waals surface area contributed by atoms with Crippen molar-refractivity contribution in [3.8, 4) is 0 Å². The van der Waals surface area contributed by atoms with Gasteiger partial charge in [-0.2, -0.15) is 5.10 Å². The fourth-order valence-electron chi connectivity index (χ4n) is 1.67. The van der Waals surface area contributed by atoms with Gasteiger partial charge in [-0.15, -0.1) is 0 Å². The number of carbonyl (C=O) groups is 1. The largest absolute Gasteiger partial charge is 0.481 e. The Bertz CT molecular complexity index is 384. The SMILES string of the molecule is CC(C)c1cc2n(n1)CC(C(=O)O)CN2. The molecule has 2 N–H and O–H groups in total. The van der Waals surface area contributed by atoms with Gasteiger partial charge in [0.2, 0.25) is 0 Å². The number of carboxylic acid groups (broad SMARTS) is 1. The summed E-state index contributed by atoms with van der Waals surface area (Å²) in [6, 6.07) is 1.99. The summed E-state index contributed by atoms with van der Waals surface area (Å²) in [5.74, 6) is 0.150. The van der Waals surface area contributed by atoms with Crippen molar-refractivity contribution in [3.63, 3.8) is 0 Å². The predicted molar refractivity (Wildman–Crippen MR) is 55.9 cm³/mol. The molecule has 0 saturated heterocycles. The van der Waals surface area contributed by atoms with E-state index in [1.54, 1.807) is 4.68 Å². The number of rotatable bonds is 2. The Kier molecular flexibility index (Phi) is 2.38. The average molecular weight is 209 g/mol. The molecular formula is C10H15N3O2. The van der Waals surface area contributed by atoms with E-state index in [9.17, 15) is 4.79 Å². The van der Waals surface area contributed by atoms with Gasteiger partial charge < -0.3 is 10.4 Å². The van der Waals surface area contributed by atoms with Crippen LogP contribution in [0.15, 0.2) is 6.07 Å². The van der Waals surface area contributed by atoms with Crippen LogP contribution in [0.1, 0.15) is 25.5 Å². The molecular weight excluding hydrogens is 194 g/mol. The summed E-state index contributed by atoms with van der Waals surface area (Å²) in [4.78, 5) is 10.8. The highest BCUT2D eigenvalue weighted by molar-refractivity contribution is 5.71. The number of hydrogen-bond acceptors (Lipinski definition) is 3. The van der Waals surface area contributed by atoms with Crippen molar-refractivity contribution in [2.75, 3.05) is 11.9 Å². The van der Waals surface area contributed by atoms with Crippen molar-refractivity contribution >= 4 is 11.8 Å². The zero-order valence-electron chi connectivity index (χ0n) is 8.90. The molecule has 0 saturated carbocycles. The Labute approximate surface area is 88.1 Å². The first-order valence-corrected chi connectivity index (χ1v) is 5.12. The average Bonchev–Trinajstić information content (AvgIpc) is 2.59. The molecule has 0 bridgehead atoms. The quantitative estimate of drug-likeness (QED) is 0.766. The molecule has 1 aliphatic rings. The van der Waals surface area contributed by atoms with Gasteiger partial charge >= 0.3 is 5.97 Å². The summed E-state index contributed by atoms with van der Waals surface area (Å²) in [6.45, 7) is 5.09. The molecule has 1 atom stereocenters. The first-order valence-electron chi connectivity index (χ1n) is 5.12. The number of aromatic nitrogens is 2. The third-order valence-corrected chi connectivity index (χ3v) is 2.66. The topological polar surface area (TPSA) is 67.2 Å². The summed E-state index contributed by atoms with van der Waals surface area (Å²) in [7, 11) is 0. The molecule has 1 unspecified atom stereocenters. The molecule has 1 aliphatic heterocycles. The number of nitrogens with zero attached hydrogens (tertiary/aromatic N) is 2. The molecule has 0 radical (unpaired) electrons. The van der Waals surface area contributed by atoms with E-state index >= 15 is 0 Å². The zero-order valence-corrected chi connectivity index (χ0v) is 8.90. The van der Waals surface area contributed by atoms with Gasteiger partial charge in [0.05, 0.1) is 18.2 Å². The fraction of sp³-hybridized carbons (Fsp3) is 0.600. The van der Waals surface area contributed by atoms with E-state index in [1.165, 1.54) is 0 Å². The van der Waals surface area contributed by atoms with Gasteiger partial charge in [-0.05, 0) is 5.92 Å². The fourth-order valence-corrected chi connectivity index (χ4v) is 1.67. The molecule has 0 spiro atoms. The van der Waals surface area contributed by atoms with Crippen LogP contribution in [-0.2, 0) is 11.3 Å². The Morgan fingerprint density at radius 3 is 3.07 bits per heavy atom. The lowest BCUT2D eigenvalue weighted by atomic mass is 10.1. The van der Waals surface area contributed by atoms with Crippen LogP contribution in [0.2, 0.25) is 0 Å². The molecule has 5 nitrogen and oxygen atoms in total. The molecule has 1 aromatic heterocycles. The van der Waals surface area contributed by atoms with Crippen LogP contribution >= 0.6 is 0 Å². The lowest BCUT2D eigenvalue weighted by molar-refractivity contribution is -0.141. The summed E-state index contributed by atoms with van der Waals surface area (Å²) < 4.78 is 1.75. The second-order valence-corrected chi connectivity index (χ2v) is 4.21. The van der Waals surface area contributed by atoms with Crippen LogP contribution in [0.3, 0.4) is 0 Å². The standard InChI is InChI=1S/C10H15N3O2/c1-6(2)8-3-9-11-4-7(10(14)15)5-13(9)12-8/h3,6-7,11H,4-5H2,1-2H3,(H,14,15). The predicted octanol–water partition coefficient (Wildman–Crippen LogP) is 1.13. The van der Waals surface area contributed by atoms with E-state index in [1.807, 2.05) is 6.07 Å². The Hall–Kier alpha value is -1.52. The smallest absolute Gasteiger partial charge is 0.310 e. The van der Waals surface area contributed by atoms with E-state index in [4.69, 9.17) is 5.11 Å². The molecule has 5 heteroatoms. The normalized spacial score (nSPS) is 19.8. The van der Waals surface area contributed by atoms with Crippen molar-refractivity contribution in [3.05, 3.63) is 11.8 Å². The van der Waals surface area contributed by atoms with Crippen molar-refractivity contribution in [1.82, 2.24) is 9.78 Å². The molecule has 2 heterocycles. The van der Waals surface area contributed by atoms with Crippen LogP contribution in [0.5, 0.6) is 0 Å². The minimum atomic E-state index is -0.769. The van der Waals surface area contributed by atoms with Gasteiger partial charge in [0, 0.05) is 12.6 Å². The van der Waals surface area contributed by atoms with Crippen molar-refractivity contribution in [2.24, 2.45) is 5.92 Å². The number of hydrogen-bond donors (Lipinski definition) is 2. The number of nitrogens with one attached hydrogen (secondary N) is 1. The van der Waals surface area contributed by atoms with Crippen molar-refractivity contribution < 1.29 is 9.90 Å². The van der Waals surface area contributed by atoms with Gasteiger partial charge in [-0.3, -0.25) is 4.79 Å². The second kappa shape index (κ2) is 3.56. The molecule has 0 fully saturated rings. The van der Waals surface area contributed by atoms with E-state index in [-0.39, 0.29) is 5.92 Å². The molecule has 82 valence electrons. The summed E-state index contributed by atoms with van der Waals surface area (Å²) >= 11 is 0. The molecule has 1 aromatic rings. The Morgan fingerprint density at radius 1 is 1.73 bits per heavy atom. The second-order valence-electron chi connectivity index (χ2n) is 4.21. The van der Waals surface area contributed by atoms with Gasteiger partial charge in [-0.25, -0.2) is 4.68 Å². The maximum absolute atomic E-state index is 10.8. The Morgan fingerprint density at radius 2 is 2.47 bits per heavy atom. The maximum Gasteiger partial charge on any atom is 0.310 e. The minimum absolute atomic E-state index is 0.369. The Balaban J connectivity index is 2.22. The number of anilines is 1. The van der Waals surface area contributed by atoms with Crippen LogP contribution in [0.4, 0.5) is 5.82 Å². The summed E-state index contributed by atoms with van der Waals surface area (Å²) in [5.41, 5.74) is 1.00. The van der Waals surface area contributed by atoms with Gasteiger partial charge in [0.15, 0.2) is 0 Å². The first kappa shape index (κ1) is 10.0. The van der Waals surface area contributed by atoms with Gasteiger partial charge in [0.1, 0.15) is 5.82 Å². The van der Waals surface area contributed by atoms with E-state index in [0.29, 0.717) is 19.0 Å². The zero-order chi connectivity index (χ0) is 11.0. The van der Waals surface area contributed by atoms with E-state index in [2.05, 4.69) is 24.3 Å². The third-order valence-electron chi connectivity index (χ3n) is 2.66. The van der Waals surface area contributed by atoms with Crippen molar-refractivity contribution in [2.45, 2.75) is 26.3 Å². The number of fused-ring (bicyclic) bond motifs is 1. The summed E-state index contributed by atoms with van der Waals surface area (Å²) in [6.07, 6.45) is 0. The van der Waals surface area contributed by atoms with Crippen LogP contribution in [0.25, 0.3) is 0 Å². The maximum atomic E-state index is 10.8. The molecule has 15 heavy (non-hydrogen) atoms. The molecule has 0 aliphatic carbocycles. The van der Waals surface area contributed by atoms with E-state index in [0.717, 1.165) is 11.5 Å². The highest BCUT2D eigenvalue weighted by Crippen LogP contribution is 2.22. The van der Waals surface area contributed by atoms with Crippen LogP contribution in [-0.4, -0.2) is 27.4 Å². The third kappa shape index (κ3) is 1.82. The first-order chi connectivity index (χ1) is 7.08. The number of aliphatic carboxylic acids is 1. The van der Waals surface area contributed by atoms with Gasteiger partial charge in [-0.1, -0.05) is 13.8 Å². The van der Waals surface area contributed by atoms with Crippen LogP contribution < -0.4 is 5.32 Å². The molecule has 0 amide bonds.